The summed E-state index contributed by atoms with van der Waals surface area (Å²) in [6.45, 7) is 0.127. The number of H-pyrrole nitrogens is 1. The number of nitrogen functional groups attached to an aromatic ring is 1. The standard InChI is InChI=1S/C17H15ClFN5O3S/c1-28(26,27)14-8-23-17(20)24-15(14)10-5-13(21-7-10)16(25)22-6-9-2-3-12(19)11(18)4-9/h2-5,7-8,21H,6H2,1H3,(H,22,25)(H2,20,23,24). The number of rotatable bonds is 5. The number of hydrogen-bond acceptors (Lipinski definition) is 6. The molecule has 3 rings (SSSR count). The van der Waals surface area contributed by atoms with E-state index in [0.29, 0.717) is 11.1 Å². The molecular formula is C17H15ClFN5O3S. The fourth-order valence-corrected chi connectivity index (χ4v) is 3.41. The number of nitrogens with zero attached hydrogens (tertiary/aromatic N) is 2. The van der Waals surface area contributed by atoms with Gasteiger partial charge in [-0.25, -0.2) is 22.8 Å². The van der Waals surface area contributed by atoms with Crippen LogP contribution in [0.25, 0.3) is 11.3 Å². The normalized spacial score (nSPS) is 11.4. The molecule has 2 aromatic heterocycles. The third-order valence-electron chi connectivity index (χ3n) is 3.81. The third kappa shape index (κ3) is 4.29. The summed E-state index contributed by atoms with van der Waals surface area (Å²) in [5.41, 5.74) is 6.82. The Morgan fingerprint density at radius 2 is 2.11 bits per heavy atom. The summed E-state index contributed by atoms with van der Waals surface area (Å²) >= 11 is 5.72. The number of hydrogen-bond donors (Lipinski definition) is 3. The molecule has 28 heavy (non-hydrogen) atoms. The van der Waals surface area contributed by atoms with Gasteiger partial charge in [-0.1, -0.05) is 17.7 Å². The van der Waals surface area contributed by atoms with Crippen molar-refractivity contribution in [3.05, 3.63) is 58.8 Å². The molecule has 1 aromatic carbocycles. The second kappa shape index (κ2) is 7.56. The average molecular weight is 424 g/mol. The van der Waals surface area contributed by atoms with Gasteiger partial charge >= 0.3 is 0 Å². The van der Waals surface area contributed by atoms with Crippen molar-refractivity contribution in [2.45, 2.75) is 11.4 Å². The Balaban J connectivity index is 1.81. The van der Waals surface area contributed by atoms with Crippen LogP contribution in [0.4, 0.5) is 10.3 Å². The first kappa shape index (κ1) is 19.8. The smallest absolute Gasteiger partial charge is 0.267 e. The van der Waals surface area contributed by atoms with Crippen LogP contribution < -0.4 is 11.1 Å². The quantitative estimate of drug-likeness (QED) is 0.576. The molecule has 0 fully saturated rings. The number of anilines is 1. The molecule has 0 bridgehead atoms. The maximum Gasteiger partial charge on any atom is 0.267 e. The molecule has 3 aromatic rings. The van der Waals surface area contributed by atoms with Gasteiger partial charge in [0.2, 0.25) is 5.95 Å². The molecule has 2 heterocycles. The first-order chi connectivity index (χ1) is 13.1. The molecular weight excluding hydrogens is 409 g/mol. The van der Waals surface area contributed by atoms with Gasteiger partial charge in [-0.3, -0.25) is 4.79 Å². The van der Waals surface area contributed by atoms with Gasteiger partial charge in [0.25, 0.3) is 5.91 Å². The van der Waals surface area contributed by atoms with Gasteiger partial charge in [-0.05, 0) is 23.8 Å². The molecule has 0 aliphatic heterocycles. The molecule has 0 saturated heterocycles. The summed E-state index contributed by atoms with van der Waals surface area (Å²) in [5, 5.41) is 2.62. The minimum atomic E-state index is -3.60. The van der Waals surface area contributed by atoms with Crippen molar-refractivity contribution in [3.8, 4) is 11.3 Å². The molecule has 0 aliphatic rings. The Bertz CT molecular complexity index is 1160. The molecule has 0 spiro atoms. The highest BCUT2D eigenvalue weighted by Crippen LogP contribution is 2.26. The highest BCUT2D eigenvalue weighted by atomic mass is 35.5. The first-order valence-corrected chi connectivity index (χ1v) is 10.2. The lowest BCUT2D eigenvalue weighted by Gasteiger charge is -2.06. The van der Waals surface area contributed by atoms with Crippen molar-refractivity contribution in [2.24, 2.45) is 0 Å². The predicted molar refractivity (Wildman–Crippen MR) is 102 cm³/mol. The molecule has 0 atom stereocenters. The number of carbonyl (C=O) groups excluding carboxylic acids is 1. The Morgan fingerprint density at radius 3 is 2.79 bits per heavy atom. The summed E-state index contributed by atoms with van der Waals surface area (Å²) in [6.07, 6.45) is 3.59. The number of aromatic nitrogens is 3. The lowest BCUT2D eigenvalue weighted by atomic mass is 10.2. The van der Waals surface area contributed by atoms with E-state index in [9.17, 15) is 17.6 Å². The molecule has 0 radical (unpaired) electrons. The van der Waals surface area contributed by atoms with Crippen LogP contribution >= 0.6 is 11.6 Å². The zero-order valence-corrected chi connectivity index (χ0v) is 16.1. The van der Waals surface area contributed by atoms with Crippen LogP contribution in [-0.4, -0.2) is 35.5 Å². The Hall–Kier alpha value is -2.98. The van der Waals surface area contributed by atoms with Crippen molar-refractivity contribution >= 4 is 33.3 Å². The van der Waals surface area contributed by atoms with Crippen LogP contribution in [-0.2, 0) is 16.4 Å². The van der Waals surface area contributed by atoms with Gasteiger partial charge in [-0.15, -0.1) is 0 Å². The largest absolute Gasteiger partial charge is 0.368 e. The molecule has 8 nitrogen and oxygen atoms in total. The second-order valence-electron chi connectivity index (χ2n) is 5.95. The topological polar surface area (TPSA) is 131 Å². The number of nitrogens with one attached hydrogen (secondary N) is 2. The minimum absolute atomic E-state index is 0.0384. The van der Waals surface area contributed by atoms with Crippen molar-refractivity contribution in [1.29, 1.82) is 0 Å². The SMILES string of the molecule is CS(=O)(=O)c1cnc(N)nc1-c1c[nH]c(C(=O)NCc2ccc(F)c(Cl)c2)c1. The lowest BCUT2D eigenvalue weighted by molar-refractivity contribution is 0.0946. The highest BCUT2D eigenvalue weighted by molar-refractivity contribution is 7.90. The summed E-state index contributed by atoms with van der Waals surface area (Å²) in [5.74, 6) is -1.09. The molecule has 146 valence electrons. The monoisotopic (exact) mass is 423 g/mol. The third-order valence-corrected chi connectivity index (χ3v) is 5.20. The van der Waals surface area contributed by atoms with E-state index in [1.54, 1.807) is 0 Å². The van der Waals surface area contributed by atoms with Crippen LogP contribution in [0.5, 0.6) is 0 Å². The number of amides is 1. The van der Waals surface area contributed by atoms with Gasteiger partial charge in [0.15, 0.2) is 9.84 Å². The molecule has 0 saturated carbocycles. The summed E-state index contributed by atoms with van der Waals surface area (Å²) in [4.78, 5) is 22.7. The fourth-order valence-electron chi connectivity index (χ4n) is 2.45. The maximum absolute atomic E-state index is 13.2. The lowest BCUT2D eigenvalue weighted by Crippen LogP contribution is -2.23. The van der Waals surface area contributed by atoms with E-state index >= 15 is 0 Å². The van der Waals surface area contributed by atoms with E-state index in [2.05, 4.69) is 20.3 Å². The molecule has 0 aliphatic carbocycles. The van der Waals surface area contributed by atoms with Gasteiger partial charge in [-0.2, -0.15) is 0 Å². The summed E-state index contributed by atoms with van der Waals surface area (Å²) < 4.78 is 37.1. The Kier molecular flexibility index (Phi) is 5.34. The summed E-state index contributed by atoms with van der Waals surface area (Å²) in [7, 11) is -3.60. The summed E-state index contributed by atoms with van der Waals surface area (Å²) in [6, 6.07) is 5.58. The van der Waals surface area contributed by atoms with E-state index in [0.717, 1.165) is 12.5 Å². The number of sulfone groups is 1. The fraction of sp³-hybridized carbons (Fsp3) is 0.118. The van der Waals surface area contributed by atoms with Gasteiger partial charge in [0.1, 0.15) is 16.4 Å². The van der Waals surface area contributed by atoms with Gasteiger partial charge in [0.05, 0.1) is 16.9 Å². The molecule has 4 N–H and O–H groups in total. The van der Waals surface area contributed by atoms with E-state index in [1.807, 2.05) is 0 Å². The number of nitrogens with two attached hydrogens (primary N) is 1. The predicted octanol–water partition coefficient (Wildman–Crippen LogP) is 2.18. The molecule has 11 heteroatoms. The zero-order chi connectivity index (χ0) is 20.5. The average Bonchev–Trinajstić information content (AvgIpc) is 3.11. The van der Waals surface area contributed by atoms with Crippen LogP contribution in [0.2, 0.25) is 5.02 Å². The number of carbonyl (C=O) groups is 1. The van der Waals surface area contributed by atoms with E-state index in [4.69, 9.17) is 17.3 Å². The van der Waals surface area contributed by atoms with Crippen molar-refractivity contribution < 1.29 is 17.6 Å². The van der Waals surface area contributed by atoms with E-state index < -0.39 is 21.6 Å². The van der Waals surface area contributed by atoms with E-state index in [-0.39, 0.29) is 33.8 Å². The van der Waals surface area contributed by atoms with Gasteiger partial charge in [0, 0.05) is 24.6 Å². The number of halogens is 2. The number of benzene rings is 1. The molecule has 1 amide bonds. The van der Waals surface area contributed by atoms with Crippen molar-refractivity contribution in [2.75, 3.05) is 12.0 Å². The van der Waals surface area contributed by atoms with Crippen molar-refractivity contribution in [3.63, 3.8) is 0 Å². The first-order valence-electron chi connectivity index (χ1n) is 7.88. The maximum atomic E-state index is 13.2. The van der Waals surface area contributed by atoms with Crippen LogP contribution in [0, 0.1) is 5.82 Å². The van der Waals surface area contributed by atoms with Crippen LogP contribution in [0.15, 0.2) is 41.6 Å². The van der Waals surface area contributed by atoms with Gasteiger partial charge < -0.3 is 16.0 Å². The highest BCUT2D eigenvalue weighted by Gasteiger charge is 2.19. The zero-order valence-electron chi connectivity index (χ0n) is 14.5. The van der Waals surface area contributed by atoms with E-state index in [1.165, 1.54) is 30.5 Å². The number of aromatic amines is 1. The molecule has 0 unspecified atom stereocenters. The Morgan fingerprint density at radius 1 is 1.36 bits per heavy atom. The minimum Gasteiger partial charge on any atom is -0.368 e. The van der Waals surface area contributed by atoms with Crippen molar-refractivity contribution in [1.82, 2.24) is 20.3 Å². The second-order valence-corrected chi connectivity index (χ2v) is 8.34. The Labute approximate surface area is 164 Å². The van der Waals surface area contributed by atoms with Crippen LogP contribution in [0.3, 0.4) is 0 Å². The van der Waals surface area contributed by atoms with Crippen LogP contribution in [0.1, 0.15) is 16.1 Å².